The first kappa shape index (κ1) is 14.3. The summed E-state index contributed by atoms with van der Waals surface area (Å²) >= 11 is 4.97. The van der Waals surface area contributed by atoms with Crippen LogP contribution in [0.15, 0.2) is 41.3 Å². The summed E-state index contributed by atoms with van der Waals surface area (Å²) in [5.41, 5.74) is 8.20. The fourth-order valence-electron chi connectivity index (χ4n) is 1.97. The number of rotatable bonds is 4. The molecule has 2 rings (SSSR count). The van der Waals surface area contributed by atoms with Crippen molar-refractivity contribution in [2.24, 2.45) is 5.73 Å². The van der Waals surface area contributed by atoms with Gasteiger partial charge in [-0.3, -0.25) is 4.79 Å². The van der Waals surface area contributed by atoms with Gasteiger partial charge in [0.15, 0.2) is 0 Å². The van der Waals surface area contributed by atoms with E-state index >= 15 is 0 Å². The zero-order chi connectivity index (χ0) is 14.7. The van der Waals surface area contributed by atoms with Crippen LogP contribution in [0.3, 0.4) is 0 Å². The Labute approximate surface area is 122 Å². The highest BCUT2D eigenvalue weighted by Crippen LogP contribution is 2.20. The Bertz CT molecular complexity index is 707. The third-order valence-corrected chi connectivity index (χ3v) is 3.26. The fraction of sp³-hybridized carbons (Fsp3) is 0.200. The van der Waals surface area contributed by atoms with E-state index in [4.69, 9.17) is 22.7 Å². The predicted molar refractivity (Wildman–Crippen MR) is 83.4 cm³/mol. The number of pyridine rings is 1. The molecule has 1 aromatic carbocycles. The molecule has 0 aliphatic rings. The van der Waals surface area contributed by atoms with Gasteiger partial charge in [-0.2, -0.15) is 0 Å². The number of benzene rings is 1. The van der Waals surface area contributed by atoms with Gasteiger partial charge >= 0.3 is 0 Å². The molecule has 1 heterocycles. The third kappa shape index (κ3) is 3.05. The van der Waals surface area contributed by atoms with E-state index < -0.39 is 0 Å². The largest absolute Gasteiger partial charge is 0.496 e. The van der Waals surface area contributed by atoms with E-state index in [9.17, 15) is 4.79 Å². The van der Waals surface area contributed by atoms with E-state index in [1.165, 1.54) is 0 Å². The second-order valence-corrected chi connectivity index (χ2v) is 5.01. The predicted octanol–water partition coefficient (Wildman–Crippen LogP) is 1.85. The molecule has 5 heteroatoms. The van der Waals surface area contributed by atoms with E-state index in [-0.39, 0.29) is 5.56 Å². The molecule has 0 amide bonds. The number of aryl methyl sites for hydroxylation is 1. The zero-order valence-corrected chi connectivity index (χ0v) is 12.2. The Hall–Kier alpha value is -2.14. The molecule has 104 valence electrons. The summed E-state index contributed by atoms with van der Waals surface area (Å²) in [6.45, 7) is 2.37. The van der Waals surface area contributed by atoms with Gasteiger partial charge in [0.2, 0.25) is 0 Å². The SMILES string of the molecule is COc1cc(Cn2ccc(C)cc2=O)ccc1C(N)=S. The lowest BCUT2D eigenvalue weighted by Crippen LogP contribution is -2.19. The number of hydrogen-bond donors (Lipinski definition) is 1. The van der Waals surface area contributed by atoms with Crippen molar-refractivity contribution in [3.05, 3.63) is 63.6 Å². The number of thiocarbonyl (C=S) groups is 1. The second-order valence-electron chi connectivity index (χ2n) is 4.57. The molecule has 0 saturated heterocycles. The first-order chi connectivity index (χ1) is 9.51. The molecule has 4 nitrogen and oxygen atoms in total. The number of aromatic nitrogens is 1. The normalized spacial score (nSPS) is 10.3. The van der Waals surface area contributed by atoms with Crippen molar-refractivity contribution in [1.29, 1.82) is 0 Å². The van der Waals surface area contributed by atoms with Crippen molar-refractivity contribution in [3.8, 4) is 5.75 Å². The molecule has 0 saturated carbocycles. The Morgan fingerprint density at radius 1 is 1.35 bits per heavy atom. The van der Waals surface area contributed by atoms with Gasteiger partial charge in [-0.25, -0.2) is 0 Å². The summed E-state index contributed by atoms with van der Waals surface area (Å²) in [7, 11) is 1.57. The van der Waals surface area contributed by atoms with E-state index in [1.54, 1.807) is 23.9 Å². The molecule has 0 unspecified atom stereocenters. The van der Waals surface area contributed by atoms with Crippen LogP contribution in [0.2, 0.25) is 0 Å². The maximum absolute atomic E-state index is 11.9. The van der Waals surface area contributed by atoms with Gasteiger partial charge in [-0.05, 0) is 36.2 Å². The Morgan fingerprint density at radius 2 is 2.10 bits per heavy atom. The van der Waals surface area contributed by atoms with E-state index in [0.717, 1.165) is 11.1 Å². The molecule has 0 bridgehead atoms. The lowest BCUT2D eigenvalue weighted by molar-refractivity contribution is 0.413. The average molecular weight is 288 g/mol. The summed E-state index contributed by atoms with van der Waals surface area (Å²) in [6, 6.07) is 9.07. The van der Waals surface area contributed by atoms with Gasteiger partial charge in [0, 0.05) is 12.3 Å². The van der Waals surface area contributed by atoms with E-state index in [1.807, 2.05) is 31.2 Å². The quantitative estimate of drug-likeness (QED) is 0.872. The summed E-state index contributed by atoms with van der Waals surface area (Å²) in [5.74, 6) is 0.621. The molecule has 0 aliphatic heterocycles. The van der Waals surface area contributed by atoms with Crippen molar-refractivity contribution in [2.75, 3.05) is 7.11 Å². The van der Waals surface area contributed by atoms with Crippen LogP contribution < -0.4 is 16.0 Å². The van der Waals surface area contributed by atoms with Crippen LogP contribution in [0, 0.1) is 6.92 Å². The molecule has 0 fully saturated rings. The van der Waals surface area contributed by atoms with Crippen molar-refractivity contribution in [1.82, 2.24) is 4.57 Å². The van der Waals surface area contributed by atoms with Gasteiger partial charge < -0.3 is 15.0 Å². The van der Waals surface area contributed by atoms with Crippen LogP contribution in [0.4, 0.5) is 0 Å². The second kappa shape index (κ2) is 5.88. The highest BCUT2D eigenvalue weighted by atomic mass is 32.1. The van der Waals surface area contributed by atoms with Crippen LogP contribution in [0.5, 0.6) is 5.75 Å². The van der Waals surface area contributed by atoms with Crippen molar-refractivity contribution in [3.63, 3.8) is 0 Å². The summed E-state index contributed by atoms with van der Waals surface area (Å²) in [4.78, 5) is 12.2. The fourth-order valence-corrected chi connectivity index (χ4v) is 2.14. The molecule has 0 aliphatic carbocycles. The maximum Gasteiger partial charge on any atom is 0.251 e. The monoisotopic (exact) mass is 288 g/mol. The topological polar surface area (TPSA) is 57.2 Å². The van der Waals surface area contributed by atoms with Gasteiger partial charge in [0.1, 0.15) is 10.7 Å². The molecule has 2 aromatic rings. The Kier molecular flexibility index (Phi) is 4.20. The highest BCUT2D eigenvalue weighted by Gasteiger charge is 2.07. The Morgan fingerprint density at radius 3 is 2.70 bits per heavy atom. The number of nitrogens with two attached hydrogens (primary N) is 1. The molecule has 2 N–H and O–H groups in total. The molecule has 0 spiro atoms. The first-order valence-electron chi connectivity index (χ1n) is 6.15. The smallest absolute Gasteiger partial charge is 0.251 e. The summed E-state index contributed by atoms with van der Waals surface area (Å²) < 4.78 is 6.92. The first-order valence-corrected chi connectivity index (χ1v) is 6.56. The third-order valence-electron chi connectivity index (χ3n) is 3.04. The minimum atomic E-state index is -0.0256. The standard InChI is InChI=1S/C15H16N2O2S/c1-10-5-6-17(14(18)7-10)9-11-3-4-12(15(16)20)13(8-11)19-2/h3-8H,9H2,1-2H3,(H2,16,20). The van der Waals surface area contributed by atoms with E-state index in [0.29, 0.717) is 22.8 Å². The van der Waals surface area contributed by atoms with Crippen molar-refractivity contribution < 1.29 is 4.74 Å². The van der Waals surface area contributed by atoms with Gasteiger partial charge in [-0.15, -0.1) is 0 Å². The molecule has 0 radical (unpaired) electrons. The van der Waals surface area contributed by atoms with Gasteiger partial charge in [-0.1, -0.05) is 18.3 Å². The molecular formula is C15H16N2O2S. The minimum absolute atomic E-state index is 0.0256. The van der Waals surface area contributed by atoms with E-state index in [2.05, 4.69) is 0 Å². The number of methoxy groups -OCH3 is 1. The lowest BCUT2D eigenvalue weighted by atomic mass is 10.1. The Balaban J connectivity index is 2.34. The average Bonchev–Trinajstić information content (AvgIpc) is 2.41. The van der Waals surface area contributed by atoms with Crippen LogP contribution in [0.25, 0.3) is 0 Å². The lowest BCUT2D eigenvalue weighted by Gasteiger charge is -2.11. The maximum atomic E-state index is 11.9. The summed E-state index contributed by atoms with van der Waals surface area (Å²) in [6.07, 6.45) is 1.78. The van der Waals surface area contributed by atoms with Crippen LogP contribution in [0.1, 0.15) is 16.7 Å². The van der Waals surface area contributed by atoms with Crippen LogP contribution in [-0.4, -0.2) is 16.7 Å². The molecule has 0 atom stereocenters. The minimum Gasteiger partial charge on any atom is -0.496 e. The number of hydrogen-bond acceptors (Lipinski definition) is 3. The van der Waals surface area contributed by atoms with Crippen LogP contribution >= 0.6 is 12.2 Å². The molecule has 20 heavy (non-hydrogen) atoms. The highest BCUT2D eigenvalue weighted by molar-refractivity contribution is 7.80. The van der Waals surface area contributed by atoms with Crippen molar-refractivity contribution in [2.45, 2.75) is 13.5 Å². The zero-order valence-electron chi connectivity index (χ0n) is 11.4. The van der Waals surface area contributed by atoms with Crippen molar-refractivity contribution >= 4 is 17.2 Å². The number of ether oxygens (including phenoxy) is 1. The van der Waals surface area contributed by atoms with Gasteiger partial charge in [0.25, 0.3) is 5.56 Å². The summed E-state index contributed by atoms with van der Waals surface area (Å²) in [5, 5.41) is 0. The van der Waals surface area contributed by atoms with Crippen LogP contribution in [-0.2, 0) is 6.54 Å². The molecular weight excluding hydrogens is 272 g/mol. The number of nitrogens with zero attached hydrogens (tertiary/aromatic N) is 1. The van der Waals surface area contributed by atoms with Gasteiger partial charge in [0.05, 0.1) is 19.2 Å². The molecule has 1 aromatic heterocycles.